The first-order valence-corrected chi connectivity index (χ1v) is 9.65. The van der Waals surface area contributed by atoms with E-state index in [2.05, 4.69) is 20.7 Å². The molecule has 1 aromatic carbocycles. The van der Waals surface area contributed by atoms with Crippen LogP contribution in [0.25, 0.3) is 5.65 Å². The van der Waals surface area contributed by atoms with Gasteiger partial charge in [0, 0.05) is 30.1 Å². The van der Waals surface area contributed by atoms with Gasteiger partial charge in [-0.3, -0.25) is 9.59 Å². The number of carbonyl (C=O) groups is 2. The van der Waals surface area contributed by atoms with E-state index in [1.807, 2.05) is 12.1 Å². The number of fused-ring (bicyclic) bond motifs is 1. The molecule has 7 heteroatoms. The lowest BCUT2D eigenvalue weighted by molar-refractivity contribution is -0.117. The molecule has 0 radical (unpaired) electrons. The Morgan fingerprint density at radius 2 is 1.86 bits per heavy atom. The summed E-state index contributed by atoms with van der Waals surface area (Å²) in [6, 6.07) is 10.7. The first-order valence-electron chi connectivity index (χ1n) is 9.65. The molecule has 1 aliphatic carbocycles. The third kappa shape index (κ3) is 4.36. The molecule has 2 aromatic heterocycles. The van der Waals surface area contributed by atoms with Gasteiger partial charge in [-0.1, -0.05) is 12.8 Å². The number of imidazole rings is 1. The average Bonchev–Trinajstić information content (AvgIpc) is 3.38. The van der Waals surface area contributed by atoms with Crippen LogP contribution in [0.3, 0.4) is 0 Å². The Morgan fingerprint density at radius 3 is 2.64 bits per heavy atom. The molecule has 0 unspecified atom stereocenters. The summed E-state index contributed by atoms with van der Waals surface area (Å²) in [6.45, 7) is 0.326. The summed E-state index contributed by atoms with van der Waals surface area (Å²) in [6.07, 6.45) is 8.78. The van der Waals surface area contributed by atoms with Crippen LogP contribution in [0.5, 0.6) is 0 Å². The lowest BCUT2D eigenvalue weighted by atomic mass is 10.0. The van der Waals surface area contributed by atoms with Crippen LogP contribution in [-0.2, 0) is 11.3 Å². The first-order chi connectivity index (χ1) is 13.7. The molecule has 3 aromatic rings. The Balaban J connectivity index is 1.29. The van der Waals surface area contributed by atoms with E-state index in [9.17, 15) is 9.59 Å². The van der Waals surface area contributed by atoms with Gasteiger partial charge in [0.25, 0.3) is 5.91 Å². The summed E-state index contributed by atoms with van der Waals surface area (Å²) in [5, 5.41) is 10.2. The van der Waals surface area contributed by atoms with Crippen molar-refractivity contribution in [1.29, 1.82) is 0 Å². The molecule has 0 aliphatic heterocycles. The fraction of sp³-hybridized carbons (Fsp3) is 0.333. The molecule has 1 fully saturated rings. The van der Waals surface area contributed by atoms with Gasteiger partial charge in [0.1, 0.15) is 0 Å². The number of aromatic nitrogens is 3. The molecular formula is C21H23N5O2. The lowest BCUT2D eigenvalue weighted by Crippen LogP contribution is -2.23. The van der Waals surface area contributed by atoms with Crippen LogP contribution in [0.1, 0.15) is 48.2 Å². The van der Waals surface area contributed by atoms with Gasteiger partial charge in [-0.25, -0.2) is 9.50 Å². The molecule has 2 heterocycles. The monoisotopic (exact) mass is 377 g/mol. The van der Waals surface area contributed by atoms with Gasteiger partial charge in [-0.05, 0) is 55.2 Å². The zero-order valence-corrected chi connectivity index (χ0v) is 15.6. The van der Waals surface area contributed by atoms with Crippen molar-refractivity contribution in [3.05, 3.63) is 60.0 Å². The van der Waals surface area contributed by atoms with Crippen molar-refractivity contribution in [2.45, 2.75) is 38.6 Å². The Labute approximate surface area is 163 Å². The lowest BCUT2D eigenvalue weighted by Gasteiger charge is -2.10. The van der Waals surface area contributed by atoms with Crippen molar-refractivity contribution in [3.63, 3.8) is 0 Å². The summed E-state index contributed by atoms with van der Waals surface area (Å²) in [5.74, 6) is 0.377. The smallest absolute Gasteiger partial charge is 0.251 e. The number of nitrogens with one attached hydrogen (secondary N) is 2. The molecular weight excluding hydrogens is 354 g/mol. The molecule has 0 bridgehead atoms. The van der Waals surface area contributed by atoms with Gasteiger partial charge >= 0.3 is 0 Å². The van der Waals surface area contributed by atoms with Crippen LogP contribution in [-0.4, -0.2) is 26.4 Å². The fourth-order valence-corrected chi connectivity index (χ4v) is 3.62. The number of amides is 2. The Hall–Kier alpha value is -3.22. The average molecular weight is 377 g/mol. The Morgan fingerprint density at radius 1 is 1.07 bits per heavy atom. The molecule has 2 N–H and O–H groups in total. The number of anilines is 1. The molecule has 0 spiro atoms. The number of nitrogens with zero attached hydrogens (tertiary/aromatic N) is 3. The van der Waals surface area contributed by atoms with E-state index in [0.29, 0.717) is 30.1 Å². The van der Waals surface area contributed by atoms with Gasteiger partial charge in [-0.15, -0.1) is 0 Å². The third-order valence-corrected chi connectivity index (χ3v) is 5.12. The van der Waals surface area contributed by atoms with Gasteiger partial charge in [0.05, 0.1) is 12.2 Å². The maximum Gasteiger partial charge on any atom is 0.251 e. The zero-order valence-electron chi connectivity index (χ0n) is 15.6. The SMILES string of the molecule is O=C(CC1CCCC1)Nc1ccc(C(=O)NCc2ccc3nccn3n2)cc1. The minimum Gasteiger partial charge on any atom is -0.346 e. The molecule has 4 rings (SSSR count). The minimum atomic E-state index is -0.184. The second-order valence-corrected chi connectivity index (χ2v) is 7.22. The van der Waals surface area contributed by atoms with Crippen molar-refractivity contribution < 1.29 is 9.59 Å². The van der Waals surface area contributed by atoms with Crippen LogP contribution >= 0.6 is 0 Å². The quantitative estimate of drug-likeness (QED) is 0.691. The van der Waals surface area contributed by atoms with Crippen molar-refractivity contribution in [1.82, 2.24) is 19.9 Å². The summed E-state index contributed by atoms with van der Waals surface area (Å²) >= 11 is 0. The van der Waals surface area contributed by atoms with Gasteiger partial charge in [-0.2, -0.15) is 5.10 Å². The van der Waals surface area contributed by atoms with Gasteiger partial charge < -0.3 is 10.6 Å². The molecule has 0 atom stereocenters. The second kappa shape index (κ2) is 8.21. The highest BCUT2D eigenvalue weighted by molar-refractivity contribution is 5.95. The first kappa shape index (κ1) is 18.2. The largest absolute Gasteiger partial charge is 0.346 e. The summed E-state index contributed by atoms with van der Waals surface area (Å²) in [7, 11) is 0. The van der Waals surface area contributed by atoms with E-state index < -0.39 is 0 Å². The Kier molecular flexibility index (Phi) is 5.32. The van der Waals surface area contributed by atoms with Crippen molar-refractivity contribution in [2.75, 3.05) is 5.32 Å². The van der Waals surface area contributed by atoms with Crippen LogP contribution < -0.4 is 10.6 Å². The van der Waals surface area contributed by atoms with Crippen molar-refractivity contribution >= 4 is 23.1 Å². The summed E-state index contributed by atoms with van der Waals surface area (Å²) in [4.78, 5) is 28.6. The molecule has 2 amide bonds. The van der Waals surface area contributed by atoms with Gasteiger partial charge in [0.2, 0.25) is 5.91 Å². The van der Waals surface area contributed by atoms with Crippen LogP contribution in [0, 0.1) is 5.92 Å². The van der Waals surface area contributed by atoms with Crippen molar-refractivity contribution in [3.8, 4) is 0 Å². The normalized spacial score (nSPS) is 14.3. The molecule has 144 valence electrons. The maximum absolute atomic E-state index is 12.3. The number of hydrogen-bond acceptors (Lipinski definition) is 4. The zero-order chi connectivity index (χ0) is 19.3. The van der Waals surface area contributed by atoms with E-state index >= 15 is 0 Å². The number of hydrogen-bond donors (Lipinski definition) is 2. The minimum absolute atomic E-state index is 0.0464. The summed E-state index contributed by atoms with van der Waals surface area (Å²) < 4.78 is 1.67. The van der Waals surface area contributed by atoms with E-state index in [1.54, 1.807) is 41.2 Å². The standard InChI is InChI=1S/C21H23N5O2/c27-20(13-15-3-1-2-4-15)24-17-7-5-16(6-8-17)21(28)23-14-18-9-10-19-22-11-12-26(19)25-18/h5-12,15H,1-4,13-14H2,(H,23,28)(H,24,27). The predicted octanol–water partition coefficient (Wildman–Crippen LogP) is 3.18. The predicted molar refractivity (Wildman–Crippen MR) is 106 cm³/mol. The molecule has 7 nitrogen and oxygen atoms in total. The van der Waals surface area contributed by atoms with E-state index in [-0.39, 0.29) is 11.8 Å². The molecule has 28 heavy (non-hydrogen) atoms. The highest BCUT2D eigenvalue weighted by Crippen LogP contribution is 2.27. The van der Waals surface area contributed by atoms with E-state index in [4.69, 9.17) is 0 Å². The van der Waals surface area contributed by atoms with Crippen LogP contribution in [0.4, 0.5) is 5.69 Å². The Bertz CT molecular complexity index is 974. The number of carbonyl (C=O) groups excluding carboxylic acids is 2. The van der Waals surface area contributed by atoms with E-state index in [0.717, 1.165) is 24.2 Å². The van der Waals surface area contributed by atoms with Gasteiger partial charge in [0.15, 0.2) is 5.65 Å². The molecule has 1 aliphatic rings. The van der Waals surface area contributed by atoms with Crippen molar-refractivity contribution in [2.24, 2.45) is 5.92 Å². The highest BCUT2D eigenvalue weighted by atomic mass is 16.2. The highest BCUT2D eigenvalue weighted by Gasteiger charge is 2.18. The van der Waals surface area contributed by atoms with E-state index in [1.165, 1.54) is 12.8 Å². The third-order valence-electron chi connectivity index (χ3n) is 5.12. The number of rotatable bonds is 6. The molecule has 1 saturated carbocycles. The molecule has 0 saturated heterocycles. The summed E-state index contributed by atoms with van der Waals surface area (Å²) in [5.41, 5.74) is 2.76. The topological polar surface area (TPSA) is 88.4 Å². The fourth-order valence-electron chi connectivity index (χ4n) is 3.62. The van der Waals surface area contributed by atoms with Crippen LogP contribution in [0.15, 0.2) is 48.8 Å². The number of benzene rings is 1. The van der Waals surface area contributed by atoms with Crippen LogP contribution in [0.2, 0.25) is 0 Å². The maximum atomic E-state index is 12.3. The second-order valence-electron chi connectivity index (χ2n) is 7.22.